The maximum Gasteiger partial charge on any atom is 0.248 e. The average Bonchev–Trinajstić information content (AvgIpc) is 2.12. The molecule has 0 aromatic carbocycles. The van der Waals surface area contributed by atoms with E-state index in [9.17, 15) is 4.79 Å². The van der Waals surface area contributed by atoms with E-state index in [0.29, 0.717) is 6.04 Å². The van der Waals surface area contributed by atoms with Gasteiger partial charge in [-0.3, -0.25) is 4.79 Å². The topological polar surface area (TPSA) is 41.6 Å². The lowest BCUT2D eigenvalue weighted by Crippen LogP contribution is -2.50. The maximum atomic E-state index is 11.6. The first-order valence-corrected chi connectivity index (χ1v) is 5.23. The number of rotatable bonds is 5. The lowest BCUT2D eigenvalue weighted by molar-refractivity contribution is -0.139. The van der Waals surface area contributed by atoms with Crippen LogP contribution in [0.1, 0.15) is 20.3 Å². The Balaban J connectivity index is 2.18. The number of ether oxygens (including phenoxy) is 1. The van der Waals surface area contributed by atoms with Gasteiger partial charge in [0.2, 0.25) is 5.91 Å². The van der Waals surface area contributed by atoms with Crippen LogP contribution in [-0.4, -0.2) is 49.7 Å². The van der Waals surface area contributed by atoms with Crippen molar-refractivity contribution in [3.05, 3.63) is 0 Å². The number of hydrogen-bond acceptors (Lipinski definition) is 3. The molecule has 0 saturated carbocycles. The van der Waals surface area contributed by atoms with Gasteiger partial charge < -0.3 is 15.0 Å². The van der Waals surface area contributed by atoms with E-state index in [1.807, 2.05) is 14.0 Å². The largest absolute Gasteiger partial charge is 0.366 e. The summed E-state index contributed by atoms with van der Waals surface area (Å²) in [5.74, 6) is 0.0752. The Labute approximate surface area is 85.6 Å². The van der Waals surface area contributed by atoms with Crippen LogP contribution in [0.5, 0.6) is 0 Å². The van der Waals surface area contributed by atoms with Gasteiger partial charge >= 0.3 is 0 Å². The molecule has 14 heavy (non-hydrogen) atoms. The smallest absolute Gasteiger partial charge is 0.248 e. The van der Waals surface area contributed by atoms with E-state index in [2.05, 4.69) is 12.2 Å². The molecule has 0 aromatic rings. The van der Waals surface area contributed by atoms with Gasteiger partial charge in [-0.2, -0.15) is 0 Å². The van der Waals surface area contributed by atoms with Crippen LogP contribution in [0.2, 0.25) is 0 Å². The second-order valence-corrected chi connectivity index (χ2v) is 3.85. The molecule has 1 unspecified atom stereocenters. The van der Waals surface area contributed by atoms with Gasteiger partial charge in [-0.05, 0) is 13.3 Å². The monoisotopic (exact) mass is 200 g/mol. The normalized spacial score (nSPS) is 18.8. The fraction of sp³-hybridized carbons (Fsp3) is 0.900. The summed E-state index contributed by atoms with van der Waals surface area (Å²) in [6, 6.07) is 0.297. The Morgan fingerprint density at radius 1 is 1.64 bits per heavy atom. The van der Waals surface area contributed by atoms with Gasteiger partial charge in [0.1, 0.15) is 6.61 Å². The summed E-state index contributed by atoms with van der Waals surface area (Å²) < 4.78 is 5.40. The first-order chi connectivity index (χ1) is 6.65. The number of likely N-dealkylation sites (N-methyl/N-ethyl adjacent to an activating group) is 1. The molecule has 0 radical (unpaired) electrons. The van der Waals surface area contributed by atoms with Crippen LogP contribution in [0.4, 0.5) is 0 Å². The number of nitrogens with one attached hydrogen (secondary N) is 1. The first-order valence-electron chi connectivity index (χ1n) is 5.23. The summed E-state index contributed by atoms with van der Waals surface area (Å²) in [6.45, 7) is 6.09. The third kappa shape index (κ3) is 2.96. The van der Waals surface area contributed by atoms with E-state index in [1.165, 1.54) is 0 Å². The molecular formula is C10H20N2O2. The van der Waals surface area contributed by atoms with Crippen molar-refractivity contribution in [2.24, 2.45) is 0 Å². The minimum atomic E-state index is 0.0752. The summed E-state index contributed by atoms with van der Waals surface area (Å²) in [4.78, 5) is 13.3. The molecule has 0 bridgehead atoms. The Kier molecular flexibility index (Phi) is 4.35. The van der Waals surface area contributed by atoms with Gasteiger partial charge in [-0.25, -0.2) is 0 Å². The number of hydrogen-bond donors (Lipinski definition) is 1. The van der Waals surface area contributed by atoms with Crippen molar-refractivity contribution in [2.75, 3.05) is 26.7 Å². The van der Waals surface area contributed by atoms with Gasteiger partial charge in [-0.15, -0.1) is 0 Å². The molecule has 82 valence electrons. The van der Waals surface area contributed by atoms with Crippen molar-refractivity contribution in [1.29, 1.82) is 0 Å². The van der Waals surface area contributed by atoms with Crippen LogP contribution in [0, 0.1) is 0 Å². The fourth-order valence-electron chi connectivity index (χ4n) is 1.19. The summed E-state index contributed by atoms with van der Waals surface area (Å²) in [6.07, 6.45) is 1.22. The molecule has 1 aliphatic rings. The molecule has 4 nitrogen and oxygen atoms in total. The second-order valence-electron chi connectivity index (χ2n) is 3.85. The van der Waals surface area contributed by atoms with Gasteiger partial charge in [0, 0.05) is 26.2 Å². The number of amides is 1. The van der Waals surface area contributed by atoms with Gasteiger partial charge in [0.15, 0.2) is 0 Å². The van der Waals surface area contributed by atoms with E-state index in [-0.39, 0.29) is 18.6 Å². The number of carbonyl (C=O) groups is 1. The van der Waals surface area contributed by atoms with Crippen molar-refractivity contribution in [1.82, 2.24) is 10.2 Å². The first kappa shape index (κ1) is 11.5. The van der Waals surface area contributed by atoms with Crippen molar-refractivity contribution >= 4 is 5.91 Å². The predicted molar refractivity (Wildman–Crippen MR) is 55.1 cm³/mol. The molecule has 1 N–H and O–H groups in total. The van der Waals surface area contributed by atoms with E-state index < -0.39 is 0 Å². The van der Waals surface area contributed by atoms with Crippen LogP contribution in [-0.2, 0) is 9.53 Å². The molecule has 1 fully saturated rings. The molecule has 0 aromatic heterocycles. The minimum absolute atomic E-state index is 0.0752. The third-order valence-electron chi connectivity index (χ3n) is 2.83. The molecule has 4 heteroatoms. The summed E-state index contributed by atoms with van der Waals surface area (Å²) >= 11 is 0. The van der Waals surface area contributed by atoms with Crippen LogP contribution in [0.25, 0.3) is 0 Å². The molecule has 1 atom stereocenters. The highest BCUT2D eigenvalue weighted by atomic mass is 16.5. The summed E-state index contributed by atoms with van der Waals surface area (Å²) in [5, 5.41) is 3.10. The van der Waals surface area contributed by atoms with Crippen molar-refractivity contribution in [3.63, 3.8) is 0 Å². The second kappa shape index (κ2) is 5.32. The zero-order valence-electron chi connectivity index (χ0n) is 9.25. The molecule has 1 saturated heterocycles. The van der Waals surface area contributed by atoms with Gasteiger partial charge in [-0.1, -0.05) is 6.92 Å². The molecule has 1 rings (SSSR count). The standard InChI is InChI=1S/C10H20N2O2/c1-4-8(2)12(3)10(13)7-14-9-5-11-6-9/h8-9,11H,4-7H2,1-3H3. The average molecular weight is 200 g/mol. The highest BCUT2D eigenvalue weighted by molar-refractivity contribution is 5.77. The Hall–Kier alpha value is -0.610. The van der Waals surface area contributed by atoms with E-state index in [4.69, 9.17) is 4.74 Å². The number of carbonyl (C=O) groups excluding carboxylic acids is 1. The van der Waals surface area contributed by atoms with Gasteiger partial charge in [0.05, 0.1) is 6.10 Å². The molecule has 0 aliphatic carbocycles. The highest BCUT2D eigenvalue weighted by Gasteiger charge is 2.20. The number of nitrogens with zero attached hydrogens (tertiary/aromatic N) is 1. The fourth-order valence-corrected chi connectivity index (χ4v) is 1.19. The quantitative estimate of drug-likeness (QED) is 0.691. The molecular weight excluding hydrogens is 180 g/mol. The highest BCUT2D eigenvalue weighted by Crippen LogP contribution is 2.03. The Morgan fingerprint density at radius 2 is 2.29 bits per heavy atom. The van der Waals surface area contributed by atoms with Gasteiger partial charge in [0.25, 0.3) is 0 Å². The summed E-state index contributed by atoms with van der Waals surface area (Å²) in [5.41, 5.74) is 0. The van der Waals surface area contributed by atoms with E-state index in [1.54, 1.807) is 4.90 Å². The van der Waals surface area contributed by atoms with Crippen LogP contribution in [0.3, 0.4) is 0 Å². The molecule has 1 aliphatic heterocycles. The van der Waals surface area contributed by atoms with Crippen molar-refractivity contribution in [2.45, 2.75) is 32.4 Å². The lowest BCUT2D eigenvalue weighted by Gasteiger charge is -2.29. The Morgan fingerprint density at radius 3 is 2.71 bits per heavy atom. The minimum Gasteiger partial charge on any atom is -0.366 e. The van der Waals surface area contributed by atoms with Crippen LogP contribution in [0.15, 0.2) is 0 Å². The van der Waals surface area contributed by atoms with Crippen LogP contribution < -0.4 is 5.32 Å². The lowest BCUT2D eigenvalue weighted by atomic mass is 10.2. The zero-order valence-corrected chi connectivity index (χ0v) is 9.25. The van der Waals surface area contributed by atoms with Crippen LogP contribution >= 0.6 is 0 Å². The predicted octanol–water partition coefficient (Wildman–Crippen LogP) is 0.232. The maximum absolute atomic E-state index is 11.6. The SMILES string of the molecule is CCC(C)N(C)C(=O)COC1CNC1. The third-order valence-corrected chi connectivity index (χ3v) is 2.83. The molecule has 1 heterocycles. The van der Waals surface area contributed by atoms with E-state index in [0.717, 1.165) is 19.5 Å². The van der Waals surface area contributed by atoms with E-state index >= 15 is 0 Å². The van der Waals surface area contributed by atoms with Crippen molar-refractivity contribution in [3.8, 4) is 0 Å². The molecule has 1 amide bonds. The summed E-state index contributed by atoms with van der Waals surface area (Å²) in [7, 11) is 1.83. The zero-order chi connectivity index (χ0) is 10.6. The molecule has 0 spiro atoms. The Bertz CT molecular complexity index is 193. The van der Waals surface area contributed by atoms with Crippen molar-refractivity contribution < 1.29 is 9.53 Å².